The summed E-state index contributed by atoms with van der Waals surface area (Å²) in [6.07, 6.45) is 2.72. The van der Waals surface area contributed by atoms with E-state index in [1.165, 1.54) is 0 Å². The summed E-state index contributed by atoms with van der Waals surface area (Å²) in [6.45, 7) is 5.17. The molecule has 0 spiro atoms. The number of carbonyl (C=O) groups excluding carboxylic acids is 1. The third kappa shape index (κ3) is 3.18. The lowest BCUT2D eigenvalue weighted by atomic mass is 9.78. The Morgan fingerprint density at radius 1 is 1.47 bits per heavy atom. The van der Waals surface area contributed by atoms with Gasteiger partial charge in [0.15, 0.2) is 0 Å². The largest absolute Gasteiger partial charge is 0.384 e. The zero-order chi connectivity index (χ0) is 11.1. The van der Waals surface area contributed by atoms with Crippen molar-refractivity contribution >= 4 is 5.91 Å². The van der Waals surface area contributed by atoms with Crippen LogP contribution in [0, 0.1) is 5.41 Å². The molecule has 4 nitrogen and oxygen atoms in total. The summed E-state index contributed by atoms with van der Waals surface area (Å²) in [6, 6.07) is 0. The number of nitrogens with one attached hydrogen (secondary N) is 2. The lowest BCUT2D eigenvalue weighted by molar-refractivity contribution is -0.136. The normalized spacial score (nSPS) is 19.9. The quantitative estimate of drug-likeness (QED) is 0.702. The highest BCUT2D eigenvalue weighted by atomic mass is 16.5. The number of methoxy groups -OCH3 is 1. The fourth-order valence-corrected chi connectivity index (χ4v) is 2.04. The molecule has 88 valence electrons. The van der Waals surface area contributed by atoms with Crippen LogP contribution in [0.5, 0.6) is 0 Å². The van der Waals surface area contributed by atoms with E-state index in [1.54, 1.807) is 7.11 Å². The monoisotopic (exact) mass is 214 g/mol. The SMILES string of the molecule is CCCNC(=O)C1(COC)CCNCC1. The lowest BCUT2D eigenvalue weighted by Gasteiger charge is -2.35. The highest BCUT2D eigenvalue weighted by Crippen LogP contribution is 2.29. The van der Waals surface area contributed by atoms with Crippen LogP contribution >= 0.6 is 0 Å². The number of hydrogen-bond donors (Lipinski definition) is 2. The van der Waals surface area contributed by atoms with Crippen molar-refractivity contribution in [1.82, 2.24) is 10.6 Å². The maximum Gasteiger partial charge on any atom is 0.228 e. The molecule has 0 unspecified atom stereocenters. The molecule has 1 rings (SSSR count). The molecule has 4 heteroatoms. The van der Waals surface area contributed by atoms with Gasteiger partial charge in [-0.3, -0.25) is 4.79 Å². The van der Waals surface area contributed by atoms with Gasteiger partial charge in [0.2, 0.25) is 5.91 Å². The van der Waals surface area contributed by atoms with Gasteiger partial charge in [0.25, 0.3) is 0 Å². The molecule has 0 aromatic rings. The van der Waals surface area contributed by atoms with Crippen LogP contribution in [0.3, 0.4) is 0 Å². The van der Waals surface area contributed by atoms with E-state index >= 15 is 0 Å². The molecule has 0 saturated carbocycles. The first-order valence-corrected chi connectivity index (χ1v) is 5.73. The first-order valence-electron chi connectivity index (χ1n) is 5.73. The van der Waals surface area contributed by atoms with Gasteiger partial charge in [-0.2, -0.15) is 0 Å². The Morgan fingerprint density at radius 3 is 2.67 bits per heavy atom. The van der Waals surface area contributed by atoms with E-state index in [9.17, 15) is 4.79 Å². The van der Waals surface area contributed by atoms with Crippen molar-refractivity contribution in [2.24, 2.45) is 5.41 Å². The molecule has 1 amide bonds. The summed E-state index contributed by atoms with van der Waals surface area (Å²) in [7, 11) is 1.66. The number of carbonyl (C=O) groups is 1. The maximum atomic E-state index is 12.0. The summed E-state index contributed by atoms with van der Waals surface area (Å²) in [5, 5.41) is 6.25. The van der Waals surface area contributed by atoms with E-state index in [1.807, 2.05) is 0 Å². The van der Waals surface area contributed by atoms with Crippen molar-refractivity contribution in [2.45, 2.75) is 26.2 Å². The van der Waals surface area contributed by atoms with Crippen LogP contribution in [0.25, 0.3) is 0 Å². The maximum absolute atomic E-state index is 12.0. The number of amides is 1. The molecule has 0 radical (unpaired) electrons. The van der Waals surface area contributed by atoms with Gasteiger partial charge in [-0.1, -0.05) is 6.92 Å². The molecule has 1 heterocycles. The van der Waals surface area contributed by atoms with Gasteiger partial charge in [-0.25, -0.2) is 0 Å². The van der Waals surface area contributed by atoms with Crippen molar-refractivity contribution in [3.05, 3.63) is 0 Å². The molecule has 1 aliphatic rings. The van der Waals surface area contributed by atoms with Crippen LogP contribution in [-0.4, -0.2) is 39.3 Å². The van der Waals surface area contributed by atoms with E-state index in [2.05, 4.69) is 17.6 Å². The second-order valence-electron chi connectivity index (χ2n) is 4.22. The topological polar surface area (TPSA) is 50.4 Å². The first-order chi connectivity index (χ1) is 7.25. The smallest absolute Gasteiger partial charge is 0.228 e. The van der Waals surface area contributed by atoms with E-state index in [0.717, 1.165) is 38.9 Å². The third-order valence-corrected chi connectivity index (χ3v) is 3.00. The summed E-state index contributed by atoms with van der Waals surface area (Å²) in [5.41, 5.74) is -0.296. The van der Waals surface area contributed by atoms with E-state index in [0.29, 0.717) is 6.61 Å². The van der Waals surface area contributed by atoms with E-state index in [4.69, 9.17) is 4.74 Å². The molecule has 0 aromatic heterocycles. The first kappa shape index (κ1) is 12.5. The predicted molar refractivity (Wildman–Crippen MR) is 59.7 cm³/mol. The Labute approximate surface area is 91.8 Å². The van der Waals surface area contributed by atoms with Gasteiger partial charge < -0.3 is 15.4 Å². The van der Waals surface area contributed by atoms with Crippen LogP contribution in [0.1, 0.15) is 26.2 Å². The molecule has 0 bridgehead atoms. The Bertz CT molecular complexity index is 195. The van der Waals surface area contributed by atoms with Crippen molar-refractivity contribution < 1.29 is 9.53 Å². The minimum atomic E-state index is -0.296. The zero-order valence-electron chi connectivity index (χ0n) is 9.77. The fourth-order valence-electron chi connectivity index (χ4n) is 2.04. The average Bonchev–Trinajstić information content (AvgIpc) is 2.27. The van der Waals surface area contributed by atoms with Crippen molar-refractivity contribution in [3.63, 3.8) is 0 Å². The number of ether oxygens (including phenoxy) is 1. The van der Waals surface area contributed by atoms with Gasteiger partial charge in [0.05, 0.1) is 12.0 Å². The molecule has 0 aliphatic carbocycles. The molecule has 1 aliphatic heterocycles. The van der Waals surface area contributed by atoms with Gasteiger partial charge in [-0.15, -0.1) is 0 Å². The molecule has 0 atom stereocenters. The fraction of sp³-hybridized carbons (Fsp3) is 0.909. The number of rotatable bonds is 5. The average molecular weight is 214 g/mol. The number of hydrogen-bond acceptors (Lipinski definition) is 3. The second-order valence-corrected chi connectivity index (χ2v) is 4.22. The molecular formula is C11H22N2O2. The lowest BCUT2D eigenvalue weighted by Crippen LogP contribution is -2.50. The van der Waals surface area contributed by atoms with Gasteiger partial charge in [-0.05, 0) is 32.4 Å². The minimum absolute atomic E-state index is 0.160. The van der Waals surface area contributed by atoms with Crippen LogP contribution < -0.4 is 10.6 Å². The highest BCUT2D eigenvalue weighted by molar-refractivity contribution is 5.82. The van der Waals surface area contributed by atoms with Gasteiger partial charge >= 0.3 is 0 Å². The Hall–Kier alpha value is -0.610. The van der Waals surface area contributed by atoms with Gasteiger partial charge in [0.1, 0.15) is 0 Å². The van der Waals surface area contributed by atoms with Crippen molar-refractivity contribution in [1.29, 1.82) is 0 Å². The summed E-state index contributed by atoms with van der Waals surface area (Å²) in [5.74, 6) is 0.160. The van der Waals surface area contributed by atoms with Crippen LogP contribution in [-0.2, 0) is 9.53 Å². The third-order valence-electron chi connectivity index (χ3n) is 3.00. The molecule has 1 saturated heterocycles. The Morgan fingerprint density at radius 2 is 2.13 bits per heavy atom. The summed E-state index contributed by atoms with van der Waals surface area (Å²) in [4.78, 5) is 12.0. The molecule has 2 N–H and O–H groups in total. The van der Waals surface area contributed by atoms with Crippen LogP contribution in [0.15, 0.2) is 0 Å². The minimum Gasteiger partial charge on any atom is -0.384 e. The molecule has 1 fully saturated rings. The summed E-state index contributed by atoms with van der Waals surface area (Å²) >= 11 is 0. The molecule has 15 heavy (non-hydrogen) atoms. The summed E-state index contributed by atoms with van der Waals surface area (Å²) < 4.78 is 5.20. The van der Waals surface area contributed by atoms with E-state index in [-0.39, 0.29) is 11.3 Å². The van der Waals surface area contributed by atoms with Crippen LogP contribution in [0.2, 0.25) is 0 Å². The molecule has 0 aromatic carbocycles. The van der Waals surface area contributed by atoms with Crippen molar-refractivity contribution in [3.8, 4) is 0 Å². The Kier molecular flexibility index (Phi) is 5.05. The number of piperidine rings is 1. The Balaban J connectivity index is 2.57. The standard InChI is InChI=1S/C11H22N2O2/c1-3-6-13-10(14)11(9-15-2)4-7-12-8-5-11/h12H,3-9H2,1-2H3,(H,13,14). The molecular weight excluding hydrogens is 192 g/mol. The highest BCUT2D eigenvalue weighted by Gasteiger charge is 2.39. The predicted octanol–water partition coefficient (Wildman–Crippen LogP) is 0.529. The van der Waals surface area contributed by atoms with E-state index < -0.39 is 0 Å². The second kappa shape index (κ2) is 6.08. The zero-order valence-corrected chi connectivity index (χ0v) is 9.77. The van der Waals surface area contributed by atoms with Gasteiger partial charge in [0, 0.05) is 13.7 Å². The van der Waals surface area contributed by atoms with Crippen molar-refractivity contribution in [2.75, 3.05) is 33.4 Å². The van der Waals surface area contributed by atoms with Crippen LogP contribution in [0.4, 0.5) is 0 Å².